The number of anilines is 1. The van der Waals surface area contributed by atoms with Crippen LogP contribution in [0.5, 0.6) is 5.75 Å². The highest BCUT2D eigenvalue weighted by atomic mass is 79.9. The first kappa shape index (κ1) is 14.6. The third kappa shape index (κ3) is 4.12. The van der Waals surface area contributed by atoms with Crippen LogP contribution in [-0.2, 0) is 6.54 Å². The predicted molar refractivity (Wildman–Crippen MR) is 67.2 cm³/mol. The van der Waals surface area contributed by atoms with Crippen LogP contribution in [0.25, 0.3) is 0 Å². The molecule has 0 aliphatic rings. The van der Waals surface area contributed by atoms with Crippen LogP contribution < -0.4 is 10.1 Å². The van der Waals surface area contributed by atoms with E-state index in [9.17, 15) is 13.2 Å². The summed E-state index contributed by atoms with van der Waals surface area (Å²) in [5.41, 5.74) is 0.174. The smallest absolute Gasteiger partial charge is 0.404 e. The van der Waals surface area contributed by atoms with Gasteiger partial charge in [0.2, 0.25) is 5.89 Å². The molecule has 1 heterocycles. The lowest BCUT2D eigenvalue weighted by atomic mass is 10.3. The van der Waals surface area contributed by atoms with Crippen molar-refractivity contribution in [3.8, 4) is 5.75 Å². The van der Waals surface area contributed by atoms with E-state index in [-0.39, 0.29) is 18.0 Å². The molecule has 0 unspecified atom stereocenters. The molecule has 2 aromatic rings. The molecule has 0 aliphatic carbocycles. The van der Waals surface area contributed by atoms with Gasteiger partial charge < -0.3 is 14.6 Å². The van der Waals surface area contributed by atoms with Gasteiger partial charge in [0.05, 0.1) is 12.2 Å². The Morgan fingerprint density at radius 2 is 2.15 bits per heavy atom. The average Bonchev–Trinajstić information content (AvgIpc) is 2.72. The lowest BCUT2D eigenvalue weighted by Crippen LogP contribution is -2.18. The summed E-state index contributed by atoms with van der Waals surface area (Å²) in [4.78, 5) is 3.93. The molecule has 0 atom stereocenters. The Labute approximate surface area is 120 Å². The van der Waals surface area contributed by atoms with Crippen molar-refractivity contribution in [3.63, 3.8) is 0 Å². The highest BCUT2D eigenvalue weighted by Crippen LogP contribution is 2.33. The van der Waals surface area contributed by atoms with Crippen molar-refractivity contribution in [2.45, 2.75) is 19.8 Å². The SMILES string of the molecule is Cc1nc(CNc2ccc(Br)cc2OC(F)(F)F)no1. The molecule has 0 radical (unpaired) electrons. The second-order valence-electron chi connectivity index (χ2n) is 3.77. The quantitative estimate of drug-likeness (QED) is 0.910. The van der Waals surface area contributed by atoms with E-state index in [1.165, 1.54) is 12.1 Å². The number of hydrogen-bond acceptors (Lipinski definition) is 5. The van der Waals surface area contributed by atoms with Crippen molar-refractivity contribution < 1.29 is 22.4 Å². The zero-order valence-electron chi connectivity index (χ0n) is 10.2. The van der Waals surface area contributed by atoms with E-state index in [4.69, 9.17) is 4.52 Å². The van der Waals surface area contributed by atoms with Crippen LogP contribution in [-0.4, -0.2) is 16.5 Å². The lowest BCUT2D eigenvalue weighted by Gasteiger charge is -2.14. The molecular weight excluding hydrogens is 343 g/mol. The fourth-order valence-corrected chi connectivity index (χ4v) is 1.78. The largest absolute Gasteiger partial charge is 0.573 e. The summed E-state index contributed by atoms with van der Waals surface area (Å²) in [6, 6.07) is 4.27. The van der Waals surface area contributed by atoms with E-state index < -0.39 is 6.36 Å². The van der Waals surface area contributed by atoms with Crippen LogP contribution in [0, 0.1) is 6.92 Å². The molecule has 1 aromatic heterocycles. The summed E-state index contributed by atoms with van der Waals surface area (Å²) in [5, 5.41) is 6.39. The summed E-state index contributed by atoms with van der Waals surface area (Å²) in [6.45, 7) is 1.74. The second-order valence-corrected chi connectivity index (χ2v) is 4.69. The van der Waals surface area contributed by atoms with Gasteiger partial charge in [0.15, 0.2) is 11.6 Å². The topological polar surface area (TPSA) is 60.2 Å². The first-order valence-electron chi connectivity index (χ1n) is 5.42. The van der Waals surface area contributed by atoms with Crippen molar-refractivity contribution in [1.82, 2.24) is 10.1 Å². The summed E-state index contributed by atoms with van der Waals surface area (Å²) >= 11 is 3.09. The van der Waals surface area contributed by atoms with Gasteiger partial charge in [-0.25, -0.2) is 0 Å². The Morgan fingerprint density at radius 1 is 1.40 bits per heavy atom. The van der Waals surface area contributed by atoms with Gasteiger partial charge in [0.25, 0.3) is 0 Å². The van der Waals surface area contributed by atoms with E-state index >= 15 is 0 Å². The predicted octanol–water partition coefficient (Wildman–Crippen LogP) is 3.65. The molecule has 0 fully saturated rings. The standard InChI is InChI=1S/C11H9BrF3N3O2/c1-6-17-10(18-20-6)5-16-8-3-2-7(12)4-9(8)19-11(13,14)15/h2-4,16H,5H2,1H3. The number of ether oxygens (including phenoxy) is 1. The normalized spacial score (nSPS) is 11.4. The second kappa shape index (κ2) is 5.70. The molecule has 1 aromatic carbocycles. The number of nitrogens with zero attached hydrogens (tertiary/aromatic N) is 2. The van der Waals surface area contributed by atoms with Crippen LogP contribution in [0.15, 0.2) is 27.2 Å². The van der Waals surface area contributed by atoms with Crippen LogP contribution in [0.3, 0.4) is 0 Å². The molecule has 5 nitrogen and oxygen atoms in total. The molecule has 2 rings (SSSR count). The third-order valence-electron chi connectivity index (χ3n) is 2.18. The molecule has 0 aliphatic heterocycles. The Morgan fingerprint density at radius 3 is 2.75 bits per heavy atom. The molecule has 0 spiro atoms. The molecule has 108 valence electrons. The molecule has 9 heteroatoms. The van der Waals surface area contributed by atoms with Gasteiger partial charge in [0, 0.05) is 11.4 Å². The van der Waals surface area contributed by atoms with Gasteiger partial charge in [-0.2, -0.15) is 4.98 Å². The maximum Gasteiger partial charge on any atom is 0.573 e. The van der Waals surface area contributed by atoms with Crippen LogP contribution in [0.1, 0.15) is 11.7 Å². The Balaban J connectivity index is 2.14. The molecule has 20 heavy (non-hydrogen) atoms. The first-order chi connectivity index (χ1) is 9.33. The lowest BCUT2D eigenvalue weighted by molar-refractivity contribution is -0.274. The zero-order chi connectivity index (χ0) is 14.8. The average molecular weight is 352 g/mol. The number of alkyl halides is 3. The van der Waals surface area contributed by atoms with Crippen molar-refractivity contribution in [1.29, 1.82) is 0 Å². The highest BCUT2D eigenvalue weighted by molar-refractivity contribution is 9.10. The monoisotopic (exact) mass is 351 g/mol. The minimum Gasteiger partial charge on any atom is -0.404 e. The Kier molecular flexibility index (Phi) is 4.17. The fourth-order valence-electron chi connectivity index (χ4n) is 1.44. The van der Waals surface area contributed by atoms with E-state index in [0.29, 0.717) is 16.2 Å². The van der Waals surface area contributed by atoms with Gasteiger partial charge in [-0.1, -0.05) is 21.1 Å². The minimum atomic E-state index is -4.76. The van der Waals surface area contributed by atoms with Gasteiger partial charge in [0.1, 0.15) is 0 Å². The number of aromatic nitrogens is 2. The van der Waals surface area contributed by atoms with Crippen LogP contribution in [0.2, 0.25) is 0 Å². The number of aryl methyl sites for hydroxylation is 1. The van der Waals surface area contributed by atoms with E-state index in [1.807, 2.05) is 0 Å². The number of rotatable bonds is 4. The summed E-state index contributed by atoms with van der Waals surface area (Å²) in [7, 11) is 0. The van der Waals surface area contributed by atoms with Gasteiger partial charge in [-0.3, -0.25) is 0 Å². The van der Waals surface area contributed by atoms with Crippen molar-refractivity contribution >= 4 is 21.6 Å². The molecular formula is C11H9BrF3N3O2. The van der Waals surface area contributed by atoms with Crippen molar-refractivity contribution in [2.75, 3.05) is 5.32 Å². The minimum absolute atomic E-state index is 0.118. The summed E-state index contributed by atoms with van der Waals surface area (Å²) in [5.74, 6) is 0.375. The van der Waals surface area contributed by atoms with E-state index in [0.717, 1.165) is 0 Å². The zero-order valence-corrected chi connectivity index (χ0v) is 11.7. The maximum absolute atomic E-state index is 12.3. The highest BCUT2D eigenvalue weighted by Gasteiger charge is 2.32. The number of hydrogen-bond donors (Lipinski definition) is 1. The first-order valence-corrected chi connectivity index (χ1v) is 6.21. The maximum atomic E-state index is 12.3. The van der Waals surface area contributed by atoms with Crippen molar-refractivity contribution in [3.05, 3.63) is 34.4 Å². The summed E-state index contributed by atoms with van der Waals surface area (Å²) in [6.07, 6.45) is -4.76. The summed E-state index contributed by atoms with van der Waals surface area (Å²) < 4.78 is 46.1. The number of nitrogens with one attached hydrogen (secondary N) is 1. The molecule has 0 amide bonds. The molecule has 0 saturated heterocycles. The molecule has 0 saturated carbocycles. The molecule has 0 bridgehead atoms. The Bertz CT molecular complexity index is 601. The van der Waals surface area contributed by atoms with E-state index in [2.05, 4.69) is 36.1 Å². The van der Waals surface area contributed by atoms with E-state index in [1.54, 1.807) is 13.0 Å². The van der Waals surface area contributed by atoms with Crippen LogP contribution >= 0.6 is 15.9 Å². The number of halogens is 4. The fraction of sp³-hybridized carbons (Fsp3) is 0.273. The molecule has 1 N–H and O–H groups in total. The van der Waals surface area contributed by atoms with Crippen LogP contribution in [0.4, 0.5) is 18.9 Å². The van der Waals surface area contributed by atoms with Crippen molar-refractivity contribution in [2.24, 2.45) is 0 Å². The Hall–Kier alpha value is -1.77. The van der Waals surface area contributed by atoms with Gasteiger partial charge in [-0.15, -0.1) is 13.2 Å². The third-order valence-corrected chi connectivity index (χ3v) is 2.67. The van der Waals surface area contributed by atoms with Gasteiger partial charge in [-0.05, 0) is 18.2 Å². The van der Waals surface area contributed by atoms with Gasteiger partial charge >= 0.3 is 6.36 Å². The number of benzene rings is 1.